The molecule has 4 heteroatoms. The topological polar surface area (TPSA) is 62.5 Å². The van der Waals surface area contributed by atoms with Gasteiger partial charge in [0.05, 0.1) is 11.6 Å². The Balaban J connectivity index is 0.984. The highest BCUT2D eigenvalue weighted by Crippen LogP contribution is 2.54. The van der Waals surface area contributed by atoms with E-state index in [1.807, 2.05) is 24.3 Å². The number of hydrogen-bond donors (Lipinski definition) is 0. The van der Waals surface area contributed by atoms with Crippen LogP contribution >= 0.6 is 0 Å². The normalized spacial score (nSPS) is 20.3. The zero-order valence-corrected chi connectivity index (χ0v) is 32.5. The maximum atomic E-state index is 9.44. The van der Waals surface area contributed by atoms with Crippen molar-refractivity contribution >= 4 is 21.5 Å². The zero-order valence-electron chi connectivity index (χ0n) is 32.5. The van der Waals surface area contributed by atoms with Crippen LogP contribution in [0.15, 0.2) is 152 Å². The lowest BCUT2D eigenvalue weighted by Crippen LogP contribution is -2.42. The Kier molecular flexibility index (Phi) is 8.75. The number of rotatable bonds is 6. The van der Waals surface area contributed by atoms with Crippen molar-refractivity contribution in [1.29, 1.82) is 5.26 Å². The van der Waals surface area contributed by atoms with Crippen LogP contribution in [0.25, 0.3) is 78.0 Å². The average Bonchev–Trinajstić information content (AvgIpc) is 3.25. The van der Waals surface area contributed by atoms with E-state index in [-0.39, 0.29) is 0 Å². The Morgan fingerprint density at radius 3 is 1.51 bits per heavy atom. The molecular formula is C53H44N4. The summed E-state index contributed by atoms with van der Waals surface area (Å²) in [6, 6.07) is 55.7. The van der Waals surface area contributed by atoms with Gasteiger partial charge in [-0.2, -0.15) is 5.26 Å². The Morgan fingerprint density at radius 1 is 0.491 bits per heavy atom. The van der Waals surface area contributed by atoms with Gasteiger partial charge in [-0.05, 0) is 135 Å². The molecular weight excluding hydrogens is 693 g/mol. The lowest BCUT2D eigenvalue weighted by Gasteiger charge is -2.50. The van der Waals surface area contributed by atoms with E-state index in [0.717, 1.165) is 40.0 Å². The molecule has 2 aliphatic rings. The first-order chi connectivity index (χ1) is 27.9. The van der Waals surface area contributed by atoms with Gasteiger partial charge in [0, 0.05) is 16.7 Å². The van der Waals surface area contributed by atoms with E-state index in [9.17, 15) is 5.26 Å². The number of fused-ring (bicyclic) bond motifs is 5. The molecule has 0 aliphatic heterocycles. The van der Waals surface area contributed by atoms with Crippen LogP contribution in [0.5, 0.6) is 0 Å². The van der Waals surface area contributed by atoms with Crippen molar-refractivity contribution in [2.45, 2.75) is 51.4 Å². The lowest BCUT2D eigenvalue weighted by atomic mass is 9.54. The van der Waals surface area contributed by atoms with Crippen molar-refractivity contribution in [1.82, 2.24) is 15.0 Å². The van der Waals surface area contributed by atoms with E-state index in [2.05, 4.69) is 147 Å². The van der Waals surface area contributed by atoms with Crippen LogP contribution in [0.4, 0.5) is 0 Å². The van der Waals surface area contributed by atoms with Gasteiger partial charge < -0.3 is 0 Å². The minimum absolute atomic E-state index is 0.330. The Labute approximate surface area is 334 Å². The molecule has 0 radical (unpaired) electrons. The number of nitriles is 1. The second-order valence-electron chi connectivity index (χ2n) is 16.9. The Bertz CT molecular complexity index is 2780. The van der Waals surface area contributed by atoms with Gasteiger partial charge in [-0.25, -0.2) is 15.0 Å². The van der Waals surface area contributed by atoms with Crippen molar-refractivity contribution in [3.05, 3.63) is 163 Å². The molecule has 2 saturated carbocycles. The van der Waals surface area contributed by atoms with Gasteiger partial charge in [0.25, 0.3) is 0 Å². The highest BCUT2D eigenvalue weighted by molar-refractivity contribution is 6.13. The standard InChI is InChI=1S/C53H44N4/c1-34-27-37-28-35(2)31-53(30-34,32-37)45-25-23-39(24-26-45)38-15-19-42(20-16-38)51-55-50(41-13-11-36(33-54)12-14-41)56-52(57-51)43-21-17-40(18-22-43)49-29-44-7-3-4-8-46(44)47-9-5-6-10-48(47)49/h3-26,29,34-35,37H,27-28,30-32H2,1-2H3/t34-,35+,37?,53?. The largest absolute Gasteiger partial charge is 0.208 e. The van der Waals surface area contributed by atoms with Gasteiger partial charge >= 0.3 is 0 Å². The third-order valence-electron chi connectivity index (χ3n) is 12.7. The molecule has 4 nitrogen and oxygen atoms in total. The predicted molar refractivity (Wildman–Crippen MR) is 233 cm³/mol. The van der Waals surface area contributed by atoms with Crippen molar-refractivity contribution in [2.24, 2.45) is 17.8 Å². The second-order valence-corrected chi connectivity index (χ2v) is 16.9. The summed E-state index contributed by atoms with van der Waals surface area (Å²) >= 11 is 0. The second kappa shape index (κ2) is 14.3. The molecule has 0 N–H and O–H groups in total. The van der Waals surface area contributed by atoms with Crippen LogP contribution in [-0.4, -0.2) is 15.0 Å². The van der Waals surface area contributed by atoms with E-state index in [4.69, 9.17) is 15.0 Å². The van der Waals surface area contributed by atoms with Gasteiger partial charge in [0.2, 0.25) is 0 Å². The molecule has 57 heavy (non-hydrogen) atoms. The molecule has 2 aliphatic carbocycles. The van der Waals surface area contributed by atoms with Crippen LogP contribution in [0.2, 0.25) is 0 Å². The van der Waals surface area contributed by atoms with E-state index >= 15 is 0 Å². The van der Waals surface area contributed by atoms with Crippen molar-refractivity contribution in [2.75, 3.05) is 0 Å². The highest BCUT2D eigenvalue weighted by atomic mass is 15.0. The van der Waals surface area contributed by atoms with Crippen LogP contribution in [-0.2, 0) is 5.41 Å². The van der Waals surface area contributed by atoms with Crippen molar-refractivity contribution in [3.8, 4) is 62.5 Å². The molecule has 7 aromatic carbocycles. The fourth-order valence-electron chi connectivity index (χ4n) is 10.4. The summed E-state index contributed by atoms with van der Waals surface area (Å²) in [5, 5.41) is 14.4. The number of hydrogen-bond acceptors (Lipinski definition) is 4. The molecule has 10 rings (SSSR count). The van der Waals surface area contributed by atoms with Gasteiger partial charge in [0.15, 0.2) is 17.5 Å². The summed E-state index contributed by atoms with van der Waals surface area (Å²) < 4.78 is 0. The van der Waals surface area contributed by atoms with Crippen LogP contribution in [0, 0.1) is 29.1 Å². The maximum absolute atomic E-state index is 9.44. The average molecular weight is 737 g/mol. The fourth-order valence-corrected chi connectivity index (χ4v) is 10.4. The summed E-state index contributed by atoms with van der Waals surface area (Å²) in [7, 11) is 0. The zero-order chi connectivity index (χ0) is 38.5. The molecule has 0 spiro atoms. The minimum Gasteiger partial charge on any atom is -0.208 e. The smallest absolute Gasteiger partial charge is 0.164 e. The van der Waals surface area contributed by atoms with Crippen LogP contribution in [0.3, 0.4) is 0 Å². The molecule has 8 aromatic rings. The number of nitrogens with zero attached hydrogens (tertiary/aromatic N) is 4. The lowest BCUT2D eigenvalue weighted by molar-refractivity contribution is 0.0780. The highest BCUT2D eigenvalue weighted by Gasteiger charge is 2.45. The fraction of sp³-hybridized carbons (Fsp3) is 0.208. The molecule has 0 saturated heterocycles. The van der Waals surface area contributed by atoms with E-state index in [0.29, 0.717) is 28.5 Å². The van der Waals surface area contributed by atoms with Gasteiger partial charge in [-0.15, -0.1) is 0 Å². The molecule has 4 atom stereocenters. The number of benzene rings is 7. The first-order valence-electron chi connectivity index (χ1n) is 20.4. The molecule has 2 bridgehead atoms. The first kappa shape index (κ1) is 35.0. The van der Waals surface area contributed by atoms with Gasteiger partial charge in [0.1, 0.15) is 0 Å². The third kappa shape index (κ3) is 6.58. The quantitative estimate of drug-likeness (QED) is 0.159. The summed E-state index contributed by atoms with van der Waals surface area (Å²) in [4.78, 5) is 15.0. The van der Waals surface area contributed by atoms with E-state index < -0.39 is 0 Å². The Morgan fingerprint density at radius 2 is 0.947 bits per heavy atom. The van der Waals surface area contributed by atoms with Crippen LogP contribution < -0.4 is 0 Å². The van der Waals surface area contributed by atoms with Gasteiger partial charge in [-0.1, -0.05) is 135 Å². The van der Waals surface area contributed by atoms with Gasteiger partial charge in [-0.3, -0.25) is 0 Å². The van der Waals surface area contributed by atoms with E-state index in [1.54, 1.807) is 0 Å². The SMILES string of the molecule is C[C@@H]1CC2C[C@H](C)CC(c3ccc(-c4ccc(-c5nc(-c6ccc(C#N)cc6)nc(-c6ccc(-c7cc8ccccc8c8ccccc78)cc6)n5)cc4)cc3)(C2)C1. The maximum Gasteiger partial charge on any atom is 0.164 e. The number of aromatic nitrogens is 3. The molecule has 2 unspecified atom stereocenters. The van der Waals surface area contributed by atoms with Crippen LogP contribution in [0.1, 0.15) is 57.1 Å². The minimum atomic E-state index is 0.330. The van der Waals surface area contributed by atoms with E-state index in [1.165, 1.54) is 75.9 Å². The first-order valence-corrected chi connectivity index (χ1v) is 20.4. The summed E-state index contributed by atoms with van der Waals surface area (Å²) in [6.07, 6.45) is 6.76. The van der Waals surface area contributed by atoms with Crippen molar-refractivity contribution in [3.63, 3.8) is 0 Å². The molecule has 0 amide bonds. The Hall–Kier alpha value is -6.44. The van der Waals surface area contributed by atoms with Crippen molar-refractivity contribution < 1.29 is 0 Å². The molecule has 1 aromatic heterocycles. The summed E-state index contributed by atoms with van der Waals surface area (Å²) in [6.45, 7) is 4.92. The summed E-state index contributed by atoms with van der Waals surface area (Å²) in [5.41, 5.74) is 9.84. The molecule has 276 valence electrons. The third-order valence-corrected chi connectivity index (χ3v) is 12.7. The monoisotopic (exact) mass is 736 g/mol. The molecule has 2 fully saturated rings. The molecule has 1 heterocycles. The predicted octanol–water partition coefficient (Wildman–Crippen LogP) is 13.5. The summed E-state index contributed by atoms with van der Waals surface area (Å²) in [5.74, 6) is 4.25.